The molecule has 122 valence electrons. The number of anilines is 1. The van der Waals surface area contributed by atoms with Gasteiger partial charge in [-0.3, -0.25) is 14.3 Å². The second kappa shape index (κ2) is 4.72. The molecule has 0 aliphatic carbocycles. The molecule has 1 aliphatic heterocycles. The number of aliphatic hydroxyl groups is 2. The highest BCUT2D eigenvalue weighted by Crippen LogP contribution is 2.47. The molecular weight excluding hydrogens is 316 g/mol. The number of H-pyrrole nitrogens is 1. The van der Waals surface area contributed by atoms with Crippen LogP contribution in [0.4, 0.5) is 14.7 Å². The Morgan fingerprint density at radius 3 is 2.91 bits per heavy atom. The van der Waals surface area contributed by atoms with Crippen LogP contribution in [-0.2, 0) is 4.74 Å². The molecule has 9 nitrogen and oxygen atoms in total. The molecule has 4 atom stereocenters. The standard InChI is InChI=1S/C12H11F2N5O4/c1-2-11(13)8(22)12(14,3-20)23-9(11)19-4-16-5-6(19)17-10(15)18-7(5)21/h1,4,8-9,20,22H,3H2,(H3,15,17,18,21). The molecule has 11 heteroatoms. The molecule has 0 amide bonds. The molecule has 4 unspecified atom stereocenters. The molecule has 0 aromatic carbocycles. The largest absolute Gasteiger partial charge is 0.390 e. The summed E-state index contributed by atoms with van der Waals surface area (Å²) in [6, 6.07) is 0. The summed E-state index contributed by atoms with van der Waals surface area (Å²) < 4.78 is 34.9. The molecule has 2 aromatic rings. The number of ether oxygens (including phenoxy) is 1. The maximum atomic E-state index is 14.9. The third-order valence-electron chi connectivity index (χ3n) is 3.61. The Kier molecular flexibility index (Phi) is 3.15. The van der Waals surface area contributed by atoms with E-state index < -0.39 is 36.0 Å². The minimum atomic E-state index is -3.13. The number of terminal acetylenes is 1. The van der Waals surface area contributed by atoms with Crippen molar-refractivity contribution in [1.29, 1.82) is 0 Å². The molecule has 23 heavy (non-hydrogen) atoms. The van der Waals surface area contributed by atoms with Crippen molar-refractivity contribution in [1.82, 2.24) is 19.5 Å². The average Bonchev–Trinajstić information content (AvgIpc) is 3.01. The Labute approximate surface area is 126 Å². The number of imidazole rings is 1. The van der Waals surface area contributed by atoms with Crippen LogP contribution in [-0.4, -0.2) is 54.0 Å². The molecular formula is C12H11F2N5O4. The summed E-state index contributed by atoms with van der Waals surface area (Å²) in [7, 11) is 0. The van der Waals surface area contributed by atoms with Crippen LogP contribution < -0.4 is 11.3 Å². The summed E-state index contributed by atoms with van der Waals surface area (Å²) in [5.74, 6) is -1.79. The molecule has 0 bridgehead atoms. The summed E-state index contributed by atoms with van der Waals surface area (Å²) in [4.78, 5) is 21.4. The number of fused-ring (bicyclic) bond motifs is 1. The van der Waals surface area contributed by atoms with E-state index in [9.17, 15) is 18.7 Å². The van der Waals surface area contributed by atoms with Crippen molar-refractivity contribution in [3.63, 3.8) is 0 Å². The highest BCUT2D eigenvalue weighted by Gasteiger charge is 2.66. The van der Waals surface area contributed by atoms with Crippen LogP contribution >= 0.6 is 0 Å². The maximum Gasteiger partial charge on any atom is 0.280 e. The van der Waals surface area contributed by atoms with E-state index in [1.54, 1.807) is 5.92 Å². The highest BCUT2D eigenvalue weighted by atomic mass is 19.2. The van der Waals surface area contributed by atoms with Crippen LogP contribution in [0.1, 0.15) is 6.23 Å². The Morgan fingerprint density at radius 2 is 2.30 bits per heavy atom. The van der Waals surface area contributed by atoms with Gasteiger partial charge in [0.15, 0.2) is 23.5 Å². The first kappa shape index (κ1) is 15.3. The Hall–Kier alpha value is -2.55. The number of halogens is 2. The summed E-state index contributed by atoms with van der Waals surface area (Å²) in [5.41, 5.74) is 1.24. The molecule has 3 rings (SSSR count). The summed E-state index contributed by atoms with van der Waals surface area (Å²) in [6.45, 7) is -1.33. The van der Waals surface area contributed by atoms with Crippen molar-refractivity contribution in [2.75, 3.05) is 12.3 Å². The van der Waals surface area contributed by atoms with Gasteiger partial charge in [-0.15, -0.1) is 6.42 Å². The lowest BCUT2D eigenvalue weighted by atomic mass is 9.96. The average molecular weight is 327 g/mol. The molecule has 1 fully saturated rings. The monoisotopic (exact) mass is 327 g/mol. The molecule has 0 saturated carbocycles. The molecule has 3 heterocycles. The zero-order chi connectivity index (χ0) is 17.0. The van der Waals surface area contributed by atoms with Crippen molar-refractivity contribution in [3.8, 4) is 12.3 Å². The molecule has 1 saturated heterocycles. The van der Waals surface area contributed by atoms with Crippen LogP contribution in [0.2, 0.25) is 0 Å². The summed E-state index contributed by atoms with van der Waals surface area (Å²) in [6.07, 6.45) is 1.63. The first-order chi connectivity index (χ1) is 10.8. The fourth-order valence-electron chi connectivity index (χ4n) is 2.43. The minimum absolute atomic E-state index is 0.211. The van der Waals surface area contributed by atoms with Crippen LogP contribution in [0, 0.1) is 12.3 Å². The number of nitrogens with zero attached hydrogens (tertiary/aromatic N) is 3. The second-order valence-electron chi connectivity index (χ2n) is 5.00. The lowest BCUT2D eigenvalue weighted by Crippen LogP contribution is -2.47. The van der Waals surface area contributed by atoms with Crippen molar-refractivity contribution < 1.29 is 23.7 Å². The first-order valence-electron chi connectivity index (χ1n) is 6.31. The van der Waals surface area contributed by atoms with E-state index in [0.717, 1.165) is 10.9 Å². The van der Waals surface area contributed by atoms with Gasteiger partial charge in [0, 0.05) is 0 Å². The van der Waals surface area contributed by atoms with Crippen LogP contribution in [0.3, 0.4) is 0 Å². The van der Waals surface area contributed by atoms with Gasteiger partial charge in [-0.25, -0.2) is 13.8 Å². The van der Waals surface area contributed by atoms with E-state index in [-0.39, 0.29) is 17.1 Å². The van der Waals surface area contributed by atoms with Gasteiger partial charge in [0.05, 0.1) is 6.33 Å². The number of aliphatic hydroxyl groups excluding tert-OH is 2. The lowest BCUT2D eigenvalue weighted by molar-refractivity contribution is -0.206. The fourth-order valence-corrected chi connectivity index (χ4v) is 2.43. The normalized spacial score (nSPS) is 33.9. The van der Waals surface area contributed by atoms with Crippen molar-refractivity contribution in [2.24, 2.45) is 0 Å². The van der Waals surface area contributed by atoms with E-state index in [1.807, 2.05) is 0 Å². The van der Waals surface area contributed by atoms with Crippen molar-refractivity contribution >= 4 is 17.1 Å². The van der Waals surface area contributed by atoms with E-state index >= 15 is 0 Å². The van der Waals surface area contributed by atoms with Gasteiger partial charge >= 0.3 is 0 Å². The zero-order valence-corrected chi connectivity index (χ0v) is 11.4. The topological polar surface area (TPSA) is 139 Å². The third kappa shape index (κ3) is 1.93. The quantitative estimate of drug-likeness (QED) is 0.497. The number of nitrogen functional groups attached to an aromatic ring is 1. The Balaban J connectivity index is 2.22. The van der Waals surface area contributed by atoms with Crippen LogP contribution in [0.5, 0.6) is 0 Å². The molecule has 5 N–H and O–H groups in total. The molecule has 0 spiro atoms. The summed E-state index contributed by atoms with van der Waals surface area (Å²) >= 11 is 0. The smallest absolute Gasteiger partial charge is 0.280 e. The van der Waals surface area contributed by atoms with E-state index in [1.165, 1.54) is 0 Å². The number of nitrogens with one attached hydrogen (secondary N) is 1. The van der Waals surface area contributed by atoms with Crippen LogP contribution in [0.25, 0.3) is 11.2 Å². The predicted molar refractivity (Wildman–Crippen MR) is 72.3 cm³/mol. The maximum absolute atomic E-state index is 14.9. The van der Waals surface area contributed by atoms with Gasteiger partial charge < -0.3 is 20.7 Å². The van der Waals surface area contributed by atoms with Crippen molar-refractivity contribution in [3.05, 3.63) is 16.7 Å². The fraction of sp³-hybridized carbons (Fsp3) is 0.417. The van der Waals surface area contributed by atoms with Gasteiger partial charge in [0.1, 0.15) is 6.61 Å². The number of rotatable bonds is 2. The third-order valence-corrected chi connectivity index (χ3v) is 3.61. The molecule has 0 radical (unpaired) electrons. The van der Waals surface area contributed by atoms with Gasteiger partial charge in [-0.05, 0) is 0 Å². The SMILES string of the molecule is C#CC1(F)C(n2cnc3c(=O)[nH]c(N)nc32)OC(F)(CO)C1O. The second-order valence-corrected chi connectivity index (χ2v) is 5.00. The zero-order valence-electron chi connectivity index (χ0n) is 11.4. The number of hydrogen-bond donors (Lipinski definition) is 4. The van der Waals surface area contributed by atoms with Gasteiger partial charge in [0.2, 0.25) is 11.6 Å². The number of hydrogen-bond acceptors (Lipinski definition) is 7. The van der Waals surface area contributed by atoms with E-state index in [0.29, 0.717) is 0 Å². The molecule has 1 aliphatic rings. The number of aromatic nitrogens is 4. The van der Waals surface area contributed by atoms with Gasteiger partial charge in [-0.1, -0.05) is 5.92 Å². The van der Waals surface area contributed by atoms with Crippen molar-refractivity contribution in [2.45, 2.75) is 23.9 Å². The Morgan fingerprint density at radius 1 is 1.61 bits per heavy atom. The lowest BCUT2D eigenvalue weighted by Gasteiger charge is -2.23. The minimum Gasteiger partial charge on any atom is -0.390 e. The number of nitrogens with two attached hydrogens (primary N) is 1. The number of aromatic amines is 1. The first-order valence-corrected chi connectivity index (χ1v) is 6.31. The predicted octanol–water partition coefficient (Wildman–Crippen LogP) is -1.41. The van der Waals surface area contributed by atoms with Gasteiger partial charge in [-0.2, -0.15) is 4.98 Å². The van der Waals surface area contributed by atoms with Crippen LogP contribution in [0.15, 0.2) is 11.1 Å². The van der Waals surface area contributed by atoms with E-state index in [4.69, 9.17) is 22.0 Å². The molecule has 2 aromatic heterocycles. The summed E-state index contributed by atoms with van der Waals surface area (Å²) in [5, 5.41) is 18.8. The van der Waals surface area contributed by atoms with Gasteiger partial charge in [0.25, 0.3) is 11.4 Å². The Bertz CT molecular complexity index is 876. The van der Waals surface area contributed by atoms with E-state index in [2.05, 4.69) is 15.0 Å². The highest BCUT2D eigenvalue weighted by molar-refractivity contribution is 5.70. The number of alkyl halides is 2.